The molecule has 0 atom stereocenters. The first-order chi connectivity index (χ1) is 30.6. The second-order valence-corrected chi connectivity index (χ2v) is 16.2. The number of allylic oxidation sites excluding steroid dienone is 2. The molecule has 0 radical (unpaired) electrons. The van der Waals surface area contributed by atoms with E-state index in [2.05, 4.69) is 202 Å². The average molecular weight is 791 g/mol. The number of benzene rings is 8. The van der Waals surface area contributed by atoms with Crippen molar-refractivity contribution in [3.63, 3.8) is 0 Å². The molecular formula is C60H42N2. The monoisotopic (exact) mass is 790 g/mol. The van der Waals surface area contributed by atoms with E-state index in [4.69, 9.17) is 9.98 Å². The number of rotatable bonds is 8. The number of aromatic nitrogens is 1. The third kappa shape index (κ3) is 6.11. The van der Waals surface area contributed by atoms with Gasteiger partial charge in [-0.05, 0) is 85.8 Å². The molecule has 2 heteroatoms. The van der Waals surface area contributed by atoms with Crippen LogP contribution in [-0.4, -0.2) is 10.7 Å². The highest BCUT2D eigenvalue weighted by Crippen LogP contribution is 2.64. The van der Waals surface area contributed by atoms with Crippen LogP contribution >= 0.6 is 0 Å². The van der Waals surface area contributed by atoms with E-state index in [9.17, 15) is 0 Å². The second kappa shape index (κ2) is 15.3. The van der Waals surface area contributed by atoms with Crippen LogP contribution in [0.3, 0.4) is 0 Å². The third-order valence-corrected chi connectivity index (χ3v) is 12.6. The van der Waals surface area contributed by atoms with Crippen LogP contribution in [0.5, 0.6) is 0 Å². The molecule has 0 amide bonds. The fraction of sp³-hybridized carbons (Fsp3) is 0.0333. The molecule has 1 spiro atoms. The van der Waals surface area contributed by atoms with Crippen molar-refractivity contribution in [1.82, 2.24) is 4.98 Å². The minimum Gasteiger partial charge on any atom is -0.252 e. The Morgan fingerprint density at radius 2 is 0.919 bits per heavy atom. The molecule has 0 saturated carbocycles. The number of hydrogen-bond donors (Lipinski definition) is 0. The normalized spacial score (nSPS) is 13.3. The number of hydrogen-bond acceptors (Lipinski definition) is 2. The molecule has 2 aliphatic carbocycles. The molecule has 0 unspecified atom stereocenters. The molecule has 0 aliphatic heterocycles. The standard InChI is InChI=1S/C60H42N2/c1-40(38-56(47-20-8-4-9-21-47)61-41(2)43-18-6-3-7-19-43)42-30-32-44(33-31-42)45-34-36-46(37-35-45)52-39-57(48-22-10-5-11-23-48)62-59-51-26-14-17-29-55(51)60(58(52)59)53-27-15-12-24-49(53)50-25-13-16-28-54(50)60/h3-39H,1H2,2H3/b56-38-,61-41+. The molecule has 1 aromatic heterocycles. The van der Waals surface area contributed by atoms with Gasteiger partial charge in [0.1, 0.15) is 0 Å². The van der Waals surface area contributed by atoms with Crippen LogP contribution < -0.4 is 0 Å². The van der Waals surface area contributed by atoms with Gasteiger partial charge in [0.15, 0.2) is 0 Å². The maximum Gasteiger partial charge on any atom is 0.0767 e. The van der Waals surface area contributed by atoms with Crippen molar-refractivity contribution in [2.45, 2.75) is 12.3 Å². The van der Waals surface area contributed by atoms with Gasteiger partial charge in [0.05, 0.1) is 22.5 Å². The maximum absolute atomic E-state index is 5.55. The van der Waals surface area contributed by atoms with Gasteiger partial charge in [-0.1, -0.05) is 219 Å². The molecule has 8 aromatic carbocycles. The number of aliphatic imine (C=N–C) groups is 1. The fourth-order valence-electron chi connectivity index (χ4n) is 9.73. The predicted molar refractivity (Wildman–Crippen MR) is 259 cm³/mol. The summed E-state index contributed by atoms with van der Waals surface area (Å²) in [6, 6.07) is 78.2. The summed E-state index contributed by atoms with van der Waals surface area (Å²) in [7, 11) is 0. The van der Waals surface area contributed by atoms with Gasteiger partial charge < -0.3 is 0 Å². The van der Waals surface area contributed by atoms with Crippen molar-refractivity contribution >= 4 is 17.0 Å². The van der Waals surface area contributed by atoms with Crippen molar-refractivity contribution in [3.05, 3.63) is 270 Å². The summed E-state index contributed by atoms with van der Waals surface area (Å²) in [5.41, 5.74) is 22.1. The molecule has 62 heavy (non-hydrogen) atoms. The summed E-state index contributed by atoms with van der Waals surface area (Å²) in [4.78, 5) is 10.6. The molecule has 11 rings (SSSR count). The lowest BCUT2D eigenvalue weighted by Crippen LogP contribution is -2.26. The molecule has 2 nitrogen and oxygen atoms in total. The summed E-state index contributed by atoms with van der Waals surface area (Å²) < 4.78 is 0. The molecule has 0 N–H and O–H groups in total. The van der Waals surface area contributed by atoms with Crippen LogP contribution in [0.15, 0.2) is 236 Å². The highest BCUT2D eigenvalue weighted by atomic mass is 14.8. The topological polar surface area (TPSA) is 25.2 Å². The van der Waals surface area contributed by atoms with E-state index in [0.29, 0.717) is 0 Å². The van der Waals surface area contributed by atoms with Gasteiger partial charge in [0, 0.05) is 28.0 Å². The predicted octanol–water partition coefficient (Wildman–Crippen LogP) is 15.0. The summed E-state index contributed by atoms with van der Waals surface area (Å²) in [6.45, 7) is 6.56. The van der Waals surface area contributed by atoms with Crippen LogP contribution in [0, 0.1) is 0 Å². The lowest BCUT2D eigenvalue weighted by atomic mass is 9.69. The SMILES string of the molecule is C=C(/C=C(\N=C(/C)c1ccccc1)c1ccccc1)c1ccc(-c2ccc(-c3cc(-c4ccccc4)nc4c3C3(c5ccccc5-c5ccccc53)c3ccccc3-4)cc2)cc1. The Labute approximate surface area is 363 Å². The van der Waals surface area contributed by atoms with Crippen LogP contribution in [0.2, 0.25) is 0 Å². The lowest BCUT2D eigenvalue weighted by Gasteiger charge is -2.32. The molecule has 0 bridgehead atoms. The van der Waals surface area contributed by atoms with Crippen molar-refractivity contribution in [2.75, 3.05) is 0 Å². The zero-order valence-electron chi connectivity index (χ0n) is 34.5. The van der Waals surface area contributed by atoms with E-state index < -0.39 is 5.41 Å². The third-order valence-electron chi connectivity index (χ3n) is 12.6. The zero-order valence-corrected chi connectivity index (χ0v) is 34.5. The highest BCUT2D eigenvalue weighted by molar-refractivity contribution is 6.03. The van der Waals surface area contributed by atoms with E-state index in [1.165, 1.54) is 44.5 Å². The smallest absolute Gasteiger partial charge is 0.0767 e. The van der Waals surface area contributed by atoms with Crippen LogP contribution in [0.25, 0.3) is 67.2 Å². The van der Waals surface area contributed by atoms with E-state index in [1.807, 2.05) is 36.4 Å². The Morgan fingerprint density at radius 1 is 0.452 bits per heavy atom. The van der Waals surface area contributed by atoms with E-state index in [-0.39, 0.29) is 0 Å². The summed E-state index contributed by atoms with van der Waals surface area (Å²) in [5, 5.41) is 0. The Balaban J connectivity index is 0.995. The summed E-state index contributed by atoms with van der Waals surface area (Å²) in [6.07, 6.45) is 2.09. The minimum atomic E-state index is -0.506. The summed E-state index contributed by atoms with van der Waals surface area (Å²) in [5.74, 6) is 0. The van der Waals surface area contributed by atoms with Gasteiger partial charge in [0.25, 0.3) is 0 Å². The van der Waals surface area contributed by atoms with Gasteiger partial charge in [-0.15, -0.1) is 0 Å². The van der Waals surface area contributed by atoms with Gasteiger partial charge in [-0.3, -0.25) is 4.99 Å². The Hall–Kier alpha value is -7.94. The highest BCUT2D eigenvalue weighted by Gasteiger charge is 2.53. The summed E-state index contributed by atoms with van der Waals surface area (Å²) >= 11 is 0. The molecule has 292 valence electrons. The molecule has 0 fully saturated rings. The minimum absolute atomic E-state index is 0.506. The maximum atomic E-state index is 5.55. The molecule has 2 aliphatic rings. The first-order valence-corrected chi connectivity index (χ1v) is 21.3. The largest absolute Gasteiger partial charge is 0.252 e. The molecule has 9 aromatic rings. The quantitative estimate of drug-likeness (QED) is 0.111. The Morgan fingerprint density at radius 3 is 1.52 bits per heavy atom. The molecular weight excluding hydrogens is 749 g/mol. The van der Waals surface area contributed by atoms with E-state index >= 15 is 0 Å². The molecule has 0 saturated heterocycles. The first kappa shape index (κ1) is 37.1. The molecule has 1 heterocycles. The Bertz CT molecular complexity index is 3170. The van der Waals surface area contributed by atoms with E-state index in [0.717, 1.165) is 67.3 Å². The van der Waals surface area contributed by atoms with Crippen molar-refractivity contribution in [3.8, 4) is 55.9 Å². The van der Waals surface area contributed by atoms with Gasteiger partial charge >= 0.3 is 0 Å². The second-order valence-electron chi connectivity index (χ2n) is 16.2. The van der Waals surface area contributed by atoms with Crippen LogP contribution in [-0.2, 0) is 5.41 Å². The van der Waals surface area contributed by atoms with Crippen molar-refractivity contribution in [2.24, 2.45) is 4.99 Å². The van der Waals surface area contributed by atoms with Crippen molar-refractivity contribution < 1.29 is 0 Å². The van der Waals surface area contributed by atoms with Gasteiger partial charge in [-0.2, -0.15) is 0 Å². The fourth-order valence-corrected chi connectivity index (χ4v) is 9.73. The van der Waals surface area contributed by atoms with Crippen LogP contribution in [0.4, 0.5) is 0 Å². The van der Waals surface area contributed by atoms with E-state index in [1.54, 1.807) is 0 Å². The zero-order chi connectivity index (χ0) is 41.6. The van der Waals surface area contributed by atoms with Crippen LogP contribution in [0.1, 0.15) is 45.9 Å². The first-order valence-electron chi connectivity index (χ1n) is 21.3. The van der Waals surface area contributed by atoms with Gasteiger partial charge in [-0.25, -0.2) is 4.98 Å². The lowest BCUT2D eigenvalue weighted by molar-refractivity contribution is 0.793. The average Bonchev–Trinajstić information content (AvgIpc) is 3.82. The van der Waals surface area contributed by atoms with Crippen molar-refractivity contribution in [1.29, 1.82) is 0 Å². The number of pyridine rings is 1. The van der Waals surface area contributed by atoms with Gasteiger partial charge in [0.2, 0.25) is 0 Å². The number of fused-ring (bicyclic) bond motifs is 10. The Kier molecular flexibility index (Phi) is 9.13. The number of nitrogens with zero attached hydrogens (tertiary/aromatic N) is 2.